The molecular formula is C24H29N5O2. The zero-order valence-corrected chi connectivity index (χ0v) is 18.0. The van der Waals surface area contributed by atoms with Crippen molar-refractivity contribution in [3.05, 3.63) is 64.3 Å². The van der Waals surface area contributed by atoms with Crippen LogP contribution in [0.2, 0.25) is 0 Å². The number of fused-ring (bicyclic) bond motifs is 1. The van der Waals surface area contributed by atoms with Crippen molar-refractivity contribution < 1.29 is 4.79 Å². The van der Waals surface area contributed by atoms with Crippen LogP contribution in [-0.4, -0.2) is 56.0 Å². The van der Waals surface area contributed by atoms with Crippen molar-refractivity contribution >= 4 is 16.9 Å². The molecule has 31 heavy (non-hydrogen) atoms. The number of benzene rings is 1. The van der Waals surface area contributed by atoms with Gasteiger partial charge in [-0.05, 0) is 62.8 Å². The fourth-order valence-electron chi connectivity index (χ4n) is 5.28. The molecule has 1 aromatic carbocycles. The number of likely N-dealkylation sites (tertiary alicyclic amines) is 2. The van der Waals surface area contributed by atoms with Crippen LogP contribution in [0.5, 0.6) is 0 Å². The van der Waals surface area contributed by atoms with Crippen molar-refractivity contribution in [2.24, 2.45) is 0 Å². The highest BCUT2D eigenvalue weighted by molar-refractivity contribution is 5.94. The van der Waals surface area contributed by atoms with E-state index < -0.39 is 0 Å². The summed E-state index contributed by atoms with van der Waals surface area (Å²) in [6.45, 7) is 4.59. The van der Waals surface area contributed by atoms with Gasteiger partial charge in [-0.15, -0.1) is 0 Å². The number of aromatic amines is 1. The Morgan fingerprint density at radius 1 is 1.06 bits per heavy atom. The summed E-state index contributed by atoms with van der Waals surface area (Å²) in [5, 5.41) is 0. The molecule has 0 spiro atoms. The number of hydrogen-bond acceptors (Lipinski definition) is 4. The summed E-state index contributed by atoms with van der Waals surface area (Å²) in [4.78, 5) is 37.5. The highest BCUT2D eigenvalue weighted by Gasteiger charge is 2.34. The first-order chi connectivity index (χ1) is 15.1. The van der Waals surface area contributed by atoms with Gasteiger partial charge in [-0.1, -0.05) is 12.1 Å². The molecule has 162 valence electrons. The quantitative estimate of drug-likeness (QED) is 0.707. The summed E-state index contributed by atoms with van der Waals surface area (Å²) in [5.74, 6) is 0.0725. The summed E-state index contributed by atoms with van der Waals surface area (Å²) in [5.41, 5.74) is 3.67. The Morgan fingerprint density at radius 3 is 2.68 bits per heavy atom. The Labute approximate surface area is 181 Å². The van der Waals surface area contributed by atoms with Crippen molar-refractivity contribution in [2.45, 2.75) is 51.2 Å². The number of nitrogens with one attached hydrogen (secondary N) is 1. The summed E-state index contributed by atoms with van der Waals surface area (Å²) >= 11 is 0. The molecule has 0 radical (unpaired) electrons. The van der Waals surface area contributed by atoms with Gasteiger partial charge in [0.2, 0.25) is 0 Å². The molecule has 1 atom stereocenters. The Bertz CT molecular complexity index is 1130. The van der Waals surface area contributed by atoms with Crippen LogP contribution in [-0.2, 0) is 0 Å². The molecule has 2 aromatic heterocycles. The molecule has 1 N–H and O–H groups in total. The van der Waals surface area contributed by atoms with Crippen molar-refractivity contribution in [3.63, 3.8) is 0 Å². The van der Waals surface area contributed by atoms with Crippen molar-refractivity contribution in [1.82, 2.24) is 24.3 Å². The summed E-state index contributed by atoms with van der Waals surface area (Å²) in [7, 11) is 0. The number of carbonyl (C=O) groups excluding carboxylic acids is 1. The van der Waals surface area contributed by atoms with Gasteiger partial charge in [-0.2, -0.15) is 0 Å². The maximum absolute atomic E-state index is 13.1. The van der Waals surface area contributed by atoms with Gasteiger partial charge in [0.25, 0.3) is 5.91 Å². The van der Waals surface area contributed by atoms with E-state index in [0.29, 0.717) is 5.56 Å². The Hall–Kier alpha value is -2.93. The topological polar surface area (TPSA) is 74.2 Å². The minimum atomic E-state index is -0.0196. The number of piperidine rings is 2. The standard InChI is InChI=1S/C24H29N5O2/c1-17-6-4-8-20-22(17)26-24(31)29(20)19-10-14-27(15-11-19)21-9-2-3-13-28(21)23(30)18-7-5-12-25-16-18/h4-8,12,16,19,21H,2-3,9-11,13-15H2,1H3,(H,26,31). The molecule has 4 heterocycles. The van der Waals surface area contributed by atoms with Crippen LogP contribution in [0.1, 0.15) is 54.1 Å². The fraction of sp³-hybridized carbons (Fsp3) is 0.458. The lowest BCUT2D eigenvalue weighted by atomic mass is 9.99. The predicted octanol–water partition coefficient (Wildman–Crippen LogP) is 3.32. The second kappa shape index (κ2) is 8.30. The summed E-state index contributed by atoms with van der Waals surface area (Å²) < 4.78 is 1.94. The second-order valence-corrected chi connectivity index (χ2v) is 8.75. The predicted molar refractivity (Wildman–Crippen MR) is 120 cm³/mol. The Balaban J connectivity index is 1.33. The number of amides is 1. The Kier molecular flexibility index (Phi) is 5.36. The number of pyridine rings is 1. The molecule has 1 unspecified atom stereocenters. The molecule has 3 aromatic rings. The fourth-order valence-corrected chi connectivity index (χ4v) is 5.28. The molecule has 0 saturated carbocycles. The van der Waals surface area contributed by atoms with Crippen LogP contribution >= 0.6 is 0 Å². The molecule has 2 saturated heterocycles. The minimum Gasteiger partial charge on any atom is -0.323 e. The number of para-hydroxylation sites is 1. The number of aryl methyl sites for hydroxylation is 1. The van der Waals surface area contributed by atoms with Crippen LogP contribution in [0.3, 0.4) is 0 Å². The van der Waals surface area contributed by atoms with Crippen LogP contribution < -0.4 is 5.69 Å². The monoisotopic (exact) mass is 419 g/mol. The zero-order valence-electron chi connectivity index (χ0n) is 18.0. The molecule has 7 heteroatoms. The smallest absolute Gasteiger partial charge is 0.323 e. The zero-order chi connectivity index (χ0) is 21.4. The van der Waals surface area contributed by atoms with E-state index in [1.54, 1.807) is 12.4 Å². The van der Waals surface area contributed by atoms with E-state index in [-0.39, 0.29) is 23.8 Å². The van der Waals surface area contributed by atoms with E-state index in [4.69, 9.17) is 0 Å². The first-order valence-electron chi connectivity index (χ1n) is 11.3. The van der Waals surface area contributed by atoms with Crippen LogP contribution in [0.25, 0.3) is 11.0 Å². The maximum atomic E-state index is 13.1. The third-order valence-electron chi connectivity index (χ3n) is 6.89. The van der Waals surface area contributed by atoms with Crippen molar-refractivity contribution in [2.75, 3.05) is 19.6 Å². The van der Waals surface area contributed by atoms with Crippen molar-refractivity contribution in [1.29, 1.82) is 0 Å². The molecular weight excluding hydrogens is 390 g/mol. The van der Waals surface area contributed by atoms with Crippen LogP contribution in [0, 0.1) is 6.92 Å². The Morgan fingerprint density at radius 2 is 1.90 bits per heavy atom. The van der Waals surface area contributed by atoms with Gasteiger partial charge in [-0.25, -0.2) is 4.79 Å². The van der Waals surface area contributed by atoms with E-state index in [1.807, 2.05) is 46.7 Å². The summed E-state index contributed by atoms with van der Waals surface area (Å²) in [6, 6.07) is 9.92. The lowest BCUT2D eigenvalue weighted by Crippen LogP contribution is -2.55. The van der Waals surface area contributed by atoms with E-state index in [9.17, 15) is 9.59 Å². The molecule has 7 nitrogen and oxygen atoms in total. The van der Waals surface area contributed by atoms with E-state index >= 15 is 0 Å². The molecule has 1 amide bonds. The van der Waals surface area contributed by atoms with Gasteiger partial charge in [0.1, 0.15) is 0 Å². The number of H-pyrrole nitrogens is 1. The third kappa shape index (κ3) is 3.67. The van der Waals surface area contributed by atoms with Gasteiger partial charge in [0.15, 0.2) is 0 Å². The largest absolute Gasteiger partial charge is 0.326 e. The lowest BCUT2D eigenvalue weighted by Gasteiger charge is -2.45. The number of imidazole rings is 1. The van der Waals surface area contributed by atoms with Gasteiger partial charge in [0.05, 0.1) is 22.8 Å². The first-order valence-corrected chi connectivity index (χ1v) is 11.3. The highest BCUT2D eigenvalue weighted by Crippen LogP contribution is 2.30. The molecule has 0 bridgehead atoms. The van der Waals surface area contributed by atoms with E-state index in [0.717, 1.165) is 68.3 Å². The number of aromatic nitrogens is 3. The third-order valence-corrected chi connectivity index (χ3v) is 6.89. The minimum absolute atomic E-state index is 0.0196. The number of carbonyl (C=O) groups is 1. The van der Waals surface area contributed by atoms with Crippen molar-refractivity contribution in [3.8, 4) is 0 Å². The molecule has 5 rings (SSSR count). The first kappa shape index (κ1) is 20.0. The number of hydrogen-bond donors (Lipinski definition) is 1. The summed E-state index contributed by atoms with van der Waals surface area (Å²) in [6.07, 6.45) is 8.49. The van der Waals surface area contributed by atoms with E-state index in [2.05, 4.69) is 14.9 Å². The number of rotatable bonds is 3. The highest BCUT2D eigenvalue weighted by atomic mass is 16.2. The second-order valence-electron chi connectivity index (χ2n) is 8.75. The normalized spacial score (nSPS) is 20.9. The lowest BCUT2D eigenvalue weighted by molar-refractivity contribution is 0.00118. The van der Waals surface area contributed by atoms with Gasteiger partial charge in [0, 0.05) is 38.1 Å². The van der Waals surface area contributed by atoms with E-state index in [1.165, 1.54) is 0 Å². The van der Waals surface area contributed by atoms with Gasteiger partial charge >= 0.3 is 5.69 Å². The molecule has 2 aliphatic rings. The maximum Gasteiger partial charge on any atom is 0.326 e. The van der Waals surface area contributed by atoms with Crippen LogP contribution in [0.15, 0.2) is 47.5 Å². The van der Waals surface area contributed by atoms with Crippen LogP contribution in [0.4, 0.5) is 0 Å². The molecule has 2 aliphatic heterocycles. The average Bonchev–Trinajstić information content (AvgIpc) is 3.16. The van der Waals surface area contributed by atoms with Gasteiger partial charge in [-0.3, -0.25) is 19.2 Å². The molecule has 0 aliphatic carbocycles. The van der Waals surface area contributed by atoms with Gasteiger partial charge < -0.3 is 9.88 Å². The average molecular weight is 420 g/mol. The number of nitrogens with zero attached hydrogens (tertiary/aromatic N) is 4. The SMILES string of the molecule is Cc1cccc2c1[nH]c(=O)n2C1CCN(C2CCCCN2C(=O)c2cccnc2)CC1. The molecule has 2 fully saturated rings.